The fraction of sp³-hybridized carbons (Fsp3) is 0.0769. The van der Waals surface area contributed by atoms with Gasteiger partial charge in [-0.15, -0.1) is 0 Å². The minimum absolute atomic E-state index is 0.0896. The Morgan fingerprint density at radius 3 is 2.50 bits per heavy atom. The molecule has 0 fully saturated rings. The summed E-state index contributed by atoms with van der Waals surface area (Å²) >= 11 is 5.81. The molecule has 0 bridgehead atoms. The molecule has 1 aromatic heterocycles. The van der Waals surface area contributed by atoms with Crippen molar-refractivity contribution in [3.05, 3.63) is 58.9 Å². The van der Waals surface area contributed by atoms with Gasteiger partial charge in [0, 0.05) is 12.4 Å². The molecule has 0 amide bonds. The van der Waals surface area contributed by atoms with Crippen molar-refractivity contribution in [1.82, 2.24) is 4.98 Å². The van der Waals surface area contributed by atoms with E-state index in [2.05, 4.69) is 15.5 Å². The second kappa shape index (κ2) is 5.92. The van der Waals surface area contributed by atoms with Crippen molar-refractivity contribution in [1.29, 1.82) is 0 Å². The highest BCUT2D eigenvalue weighted by molar-refractivity contribution is 6.33. The molecule has 0 saturated heterocycles. The Bertz CT molecular complexity index is 612. The summed E-state index contributed by atoms with van der Waals surface area (Å²) in [5, 5.41) is 4.00. The van der Waals surface area contributed by atoms with E-state index in [0.29, 0.717) is 0 Å². The van der Waals surface area contributed by atoms with Gasteiger partial charge in [-0.1, -0.05) is 11.6 Å². The number of rotatable bonds is 3. The first kappa shape index (κ1) is 14.3. The number of hydrogen-bond donors (Lipinski definition) is 1. The minimum Gasteiger partial charge on any atom is -0.277 e. The molecular formula is C13H9ClF3N3. The van der Waals surface area contributed by atoms with Crippen molar-refractivity contribution in [2.75, 3.05) is 5.43 Å². The second-order valence-corrected chi connectivity index (χ2v) is 4.25. The van der Waals surface area contributed by atoms with Gasteiger partial charge in [0.25, 0.3) is 0 Å². The maximum atomic E-state index is 12.6. The third-order valence-corrected chi connectivity index (χ3v) is 2.73. The standard InChI is InChI=1S/C13H9ClF3N3/c14-11-2-1-10(13(15,16)17)7-12(11)20-19-8-9-3-5-18-6-4-9/h1-8,20H/b19-8+. The molecule has 0 saturated carbocycles. The molecule has 2 aromatic rings. The van der Waals surface area contributed by atoms with Crippen molar-refractivity contribution in [3.8, 4) is 0 Å². The Hall–Kier alpha value is -2.08. The van der Waals surface area contributed by atoms with Crippen LogP contribution in [0.25, 0.3) is 0 Å². The van der Waals surface area contributed by atoms with E-state index in [4.69, 9.17) is 11.6 Å². The molecule has 0 spiro atoms. The number of pyridine rings is 1. The van der Waals surface area contributed by atoms with Crippen LogP contribution in [-0.4, -0.2) is 11.2 Å². The van der Waals surface area contributed by atoms with E-state index < -0.39 is 11.7 Å². The molecule has 20 heavy (non-hydrogen) atoms. The van der Waals surface area contributed by atoms with Crippen LogP contribution in [0.4, 0.5) is 18.9 Å². The van der Waals surface area contributed by atoms with Crippen LogP contribution in [0, 0.1) is 0 Å². The van der Waals surface area contributed by atoms with Crippen LogP contribution in [0.2, 0.25) is 5.02 Å². The van der Waals surface area contributed by atoms with Gasteiger partial charge in [0.05, 0.1) is 22.5 Å². The first-order chi connectivity index (χ1) is 9.47. The van der Waals surface area contributed by atoms with Crippen LogP contribution in [0.15, 0.2) is 47.8 Å². The van der Waals surface area contributed by atoms with Gasteiger partial charge in [0.15, 0.2) is 0 Å². The van der Waals surface area contributed by atoms with Crippen LogP contribution >= 0.6 is 11.6 Å². The van der Waals surface area contributed by atoms with Gasteiger partial charge in [-0.3, -0.25) is 10.4 Å². The third-order valence-electron chi connectivity index (χ3n) is 2.40. The monoisotopic (exact) mass is 299 g/mol. The van der Waals surface area contributed by atoms with Crippen molar-refractivity contribution >= 4 is 23.5 Å². The van der Waals surface area contributed by atoms with E-state index in [1.165, 1.54) is 12.3 Å². The largest absolute Gasteiger partial charge is 0.416 e. The van der Waals surface area contributed by atoms with E-state index in [-0.39, 0.29) is 10.7 Å². The molecule has 1 heterocycles. The summed E-state index contributed by atoms with van der Waals surface area (Å²) in [7, 11) is 0. The SMILES string of the molecule is FC(F)(F)c1ccc(Cl)c(N/N=C/c2ccncc2)c1. The van der Waals surface area contributed by atoms with Gasteiger partial charge in [-0.05, 0) is 35.9 Å². The number of alkyl halides is 3. The highest BCUT2D eigenvalue weighted by atomic mass is 35.5. The van der Waals surface area contributed by atoms with E-state index in [1.54, 1.807) is 24.5 Å². The molecule has 0 radical (unpaired) electrons. The third kappa shape index (κ3) is 3.71. The lowest BCUT2D eigenvalue weighted by Gasteiger charge is -2.09. The summed E-state index contributed by atoms with van der Waals surface area (Å²) in [6.45, 7) is 0. The van der Waals surface area contributed by atoms with Crippen molar-refractivity contribution in [3.63, 3.8) is 0 Å². The maximum absolute atomic E-state index is 12.6. The average molecular weight is 300 g/mol. The average Bonchev–Trinajstić information content (AvgIpc) is 2.41. The fourth-order valence-electron chi connectivity index (χ4n) is 1.41. The van der Waals surface area contributed by atoms with Crippen LogP contribution in [0.3, 0.4) is 0 Å². The number of hydrogen-bond acceptors (Lipinski definition) is 3. The first-order valence-corrected chi connectivity index (χ1v) is 5.90. The number of aromatic nitrogens is 1. The summed E-state index contributed by atoms with van der Waals surface area (Å²) < 4.78 is 37.7. The smallest absolute Gasteiger partial charge is 0.277 e. The lowest BCUT2D eigenvalue weighted by atomic mass is 10.2. The van der Waals surface area contributed by atoms with Crippen molar-refractivity contribution < 1.29 is 13.2 Å². The number of halogens is 4. The maximum Gasteiger partial charge on any atom is 0.416 e. The number of nitrogens with one attached hydrogen (secondary N) is 1. The lowest BCUT2D eigenvalue weighted by molar-refractivity contribution is -0.137. The Labute approximate surface area is 118 Å². The van der Waals surface area contributed by atoms with Crippen LogP contribution in [0.5, 0.6) is 0 Å². The van der Waals surface area contributed by atoms with Crippen LogP contribution < -0.4 is 5.43 Å². The summed E-state index contributed by atoms with van der Waals surface area (Å²) in [6.07, 6.45) is 0.200. The number of anilines is 1. The Kier molecular flexibility index (Phi) is 4.24. The van der Waals surface area contributed by atoms with Crippen LogP contribution in [0.1, 0.15) is 11.1 Å². The predicted octanol–water partition coefficient (Wildman–Crippen LogP) is 4.20. The predicted molar refractivity (Wildman–Crippen MR) is 71.9 cm³/mol. The topological polar surface area (TPSA) is 37.3 Å². The molecule has 1 N–H and O–H groups in total. The van der Waals surface area contributed by atoms with Crippen molar-refractivity contribution in [2.45, 2.75) is 6.18 Å². The molecule has 0 aliphatic heterocycles. The van der Waals surface area contributed by atoms with E-state index in [0.717, 1.165) is 17.7 Å². The Morgan fingerprint density at radius 1 is 1.15 bits per heavy atom. The second-order valence-electron chi connectivity index (χ2n) is 3.84. The normalized spacial score (nSPS) is 11.8. The van der Waals surface area contributed by atoms with E-state index in [1.807, 2.05) is 0 Å². The fourth-order valence-corrected chi connectivity index (χ4v) is 1.57. The Morgan fingerprint density at radius 2 is 1.85 bits per heavy atom. The van der Waals surface area contributed by atoms with Gasteiger partial charge >= 0.3 is 6.18 Å². The van der Waals surface area contributed by atoms with Gasteiger partial charge in [0.1, 0.15) is 0 Å². The summed E-state index contributed by atoms with van der Waals surface area (Å²) in [5.41, 5.74) is 2.55. The number of nitrogens with zero attached hydrogens (tertiary/aromatic N) is 2. The number of hydrazone groups is 1. The zero-order valence-corrected chi connectivity index (χ0v) is 10.8. The molecule has 0 aliphatic rings. The highest BCUT2D eigenvalue weighted by Crippen LogP contribution is 2.33. The van der Waals surface area contributed by atoms with E-state index >= 15 is 0 Å². The number of benzene rings is 1. The van der Waals surface area contributed by atoms with Gasteiger partial charge in [-0.25, -0.2) is 0 Å². The minimum atomic E-state index is -4.42. The molecule has 0 unspecified atom stereocenters. The quantitative estimate of drug-likeness (QED) is 0.681. The molecule has 0 aliphatic carbocycles. The molecular weight excluding hydrogens is 291 g/mol. The summed E-state index contributed by atoms with van der Waals surface area (Å²) in [4.78, 5) is 3.84. The lowest BCUT2D eigenvalue weighted by Crippen LogP contribution is -2.05. The summed E-state index contributed by atoms with van der Waals surface area (Å²) in [6, 6.07) is 6.42. The summed E-state index contributed by atoms with van der Waals surface area (Å²) in [5.74, 6) is 0. The van der Waals surface area contributed by atoms with Crippen LogP contribution in [-0.2, 0) is 6.18 Å². The molecule has 1 aromatic carbocycles. The Balaban J connectivity index is 2.15. The van der Waals surface area contributed by atoms with E-state index in [9.17, 15) is 13.2 Å². The first-order valence-electron chi connectivity index (χ1n) is 5.52. The molecule has 0 atom stereocenters. The zero-order chi connectivity index (χ0) is 14.6. The van der Waals surface area contributed by atoms with Gasteiger partial charge in [-0.2, -0.15) is 18.3 Å². The molecule has 7 heteroatoms. The van der Waals surface area contributed by atoms with Gasteiger partial charge in [0.2, 0.25) is 0 Å². The molecule has 2 rings (SSSR count). The molecule has 3 nitrogen and oxygen atoms in total. The highest BCUT2D eigenvalue weighted by Gasteiger charge is 2.30. The van der Waals surface area contributed by atoms with Gasteiger partial charge < -0.3 is 0 Å². The molecule has 104 valence electrons. The zero-order valence-electron chi connectivity index (χ0n) is 10.0. The van der Waals surface area contributed by atoms with Crippen molar-refractivity contribution in [2.24, 2.45) is 5.10 Å².